The molecule has 1 aromatic heterocycles. The van der Waals surface area contributed by atoms with Crippen molar-refractivity contribution in [2.45, 2.75) is 6.92 Å². The van der Waals surface area contributed by atoms with Gasteiger partial charge in [0, 0.05) is 6.20 Å². The smallest absolute Gasteiger partial charge is 0.339 e. The summed E-state index contributed by atoms with van der Waals surface area (Å²) in [4.78, 5) is 11.0. The van der Waals surface area contributed by atoms with Crippen molar-refractivity contribution in [3.8, 4) is 5.69 Å². The molecule has 94 valence electrons. The first-order chi connectivity index (χ1) is 9.15. The first kappa shape index (κ1) is 11.5. The van der Waals surface area contributed by atoms with Crippen LogP contribution in [0.2, 0.25) is 0 Å². The lowest BCUT2D eigenvalue weighted by molar-refractivity contribution is 0.0696. The average Bonchev–Trinajstić information content (AvgIpc) is 2.80. The molecule has 2 aromatic carbocycles. The third kappa shape index (κ3) is 1.97. The predicted molar refractivity (Wildman–Crippen MR) is 72.8 cm³/mol. The number of fused-ring (bicyclic) bond motifs is 1. The van der Waals surface area contributed by atoms with Crippen molar-refractivity contribution in [3.05, 3.63) is 59.9 Å². The minimum Gasteiger partial charge on any atom is -0.478 e. The number of benzene rings is 2. The highest BCUT2D eigenvalue weighted by Gasteiger charge is 2.12. The first-order valence-electron chi connectivity index (χ1n) is 5.94. The number of rotatable bonds is 2. The van der Waals surface area contributed by atoms with Gasteiger partial charge in [0.2, 0.25) is 0 Å². The Morgan fingerprint density at radius 3 is 2.58 bits per heavy atom. The molecule has 0 saturated carbocycles. The van der Waals surface area contributed by atoms with E-state index in [1.807, 2.05) is 42.5 Å². The zero-order chi connectivity index (χ0) is 13.4. The molecular weight excluding hydrogens is 240 g/mol. The molecule has 1 heterocycles. The molecule has 0 aliphatic heterocycles. The Labute approximate surface area is 109 Å². The summed E-state index contributed by atoms with van der Waals surface area (Å²) in [5.41, 5.74) is 1.60. The largest absolute Gasteiger partial charge is 0.478 e. The molecule has 0 atom stereocenters. The molecule has 0 radical (unpaired) electrons. The number of nitrogens with zero attached hydrogens (tertiary/aromatic N) is 2. The highest BCUT2D eigenvalue weighted by atomic mass is 16.4. The molecule has 4 heteroatoms. The third-order valence-corrected chi connectivity index (χ3v) is 3.13. The molecule has 0 aliphatic carbocycles. The van der Waals surface area contributed by atoms with Gasteiger partial charge in [-0.15, -0.1) is 0 Å². The van der Waals surface area contributed by atoms with Crippen LogP contribution in [-0.4, -0.2) is 20.9 Å². The molecular formula is C15H12N2O2. The number of aryl methyl sites for hydroxylation is 1. The molecule has 4 nitrogen and oxygen atoms in total. The van der Waals surface area contributed by atoms with E-state index in [9.17, 15) is 4.79 Å². The molecule has 0 fully saturated rings. The maximum atomic E-state index is 11.0. The Bertz CT molecular complexity index is 775. The summed E-state index contributed by atoms with van der Waals surface area (Å²) < 4.78 is 1.60. The van der Waals surface area contributed by atoms with Crippen LogP contribution >= 0.6 is 0 Å². The molecule has 0 saturated heterocycles. The highest BCUT2D eigenvalue weighted by molar-refractivity contribution is 5.89. The number of aromatic carboxylic acids is 1. The zero-order valence-electron chi connectivity index (χ0n) is 10.4. The van der Waals surface area contributed by atoms with E-state index in [2.05, 4.69) is 5.10 Å². The lowest BCUT2D eigenvalue weighted by Crippen LogP contribution is -1.96. The first-order valence-corrected chi connectivity index (χ1v) is 5.94. The summed E-state index contributed by atoms with van der Waals surface area (Å²) in [6.07, 6.45) is 1.54. The van der Waals surface area contributed by atoms with Crippen molar-refractivity contribution < 1.29 is 9.90 Å². The van der Waals surface area contributed by atoms with Gasteiger partial charge < -0.3 is 5.11 Å². The van der Waals surface area contributed by atoms with Gasteiger partial charge in [-0.05, 0) is 29.8 Å². The predicted octanol–water partition coefficient (Wildman–Crippen LogP) is 3.03. The number of aromatic nitrogens is 2. The Kier molecular flexibility index (Phi) is 2.56. The standard InChI is InChI=1S/C15H12N2O2/c1-10-14(15(18)19)9-17(16-10)13-7-6-11-4-2-3-5-12(11)8-13/h2-9H,1H3,(H,18,19). The summed E-state index contributed by atoms with van der Waals surface area (Å²) >= 11 is 0. The van der Waals surface area contributed by atoms with Crippen LogP contribution in [-0.2, 0) is 0 Å². The minimum absolute atomic E-state index is 0.230. The lowest BCUT2D eigenvalue weighted by Gasteiger charge is -2.03. The third-order valence-electron chi connectivity index (χ3n) is 3.13. The van der Waals surface area contributed by atoms with Gasteiger partial charge in [-0.1, -0.05) is 30.3 Å². The normalized spacial score (nSPS) is 10.8. The molecule has 3 rings (SSSR count). The van der Waals surface area contributed by atoms with Crippen LogP contribution in [0.3, 0.4) is 0 Å². The van der Waals surface area contributed by atoms with Crippen molar-refractivity contribution in [2.75, 3.05) is 0 Å². The molecule has 0 bridgehead atoms. The Morgan fingerprint density at radius 2 is 1.89 bits per heavy atom. The van der Waals surface area contributed by atoms with Gasteiger partial charge in [0.05, 0.1) is 11.4 Å². The molecule has 0 aliphatic rings. The second kappa shape index (κ2) is 4.24. The fourth-order valence-corrected chi connectivity index (χ4v) is 2.12. The summed E-state index contributed by atoms with van der Waals surface area (Å²) in [7, 11) is 0. The monoisotopic (exact) mass is 252 g/mol. The molecule has 3 aromatic rings. The molecule has 0 spiro atoms. The van der Waals surface area contributed by atoms with Crippen LogP contribution in [0.4, 0.5) is 0 Å². The Hall–Kier alpha value is -2.62. The van der Waals surface area contributed by atoms with Gasteiger partial charge in [0.1, 0.15) is 5.56 Å². The number of hydrogen-bond donors (Lipinski definition) is 1. The van der Waals surface area contributed by atoms with Crippen LogP contribution in [0.25, 0.3) is 16.5 Å². The van der Waals surface area contributed by atoms with Crippen molar-refractivity contribution >= 4 is 16.7 Å². The van der Waals surface area contributed by atoms with E-state index < -0.39 is 5.97 Å². The maximum absolute atomic E-state index is 11.0. The van der Waals surface area contributed by atoms with Crippen molar-refractivity contribution in [3.63, 3.8) is 0 Å². The number of hydrogen-bond acceptors (Lipinski definition) is 2. The Morgan fingerprint density at radius 1 is 1.16 bits per heavy atom. The van der Waals surface area contributed by atoms with Gasteiger partial charge in [-0.2, -0.15) is 5.10 Å². The second-order valence-electron chi connectivity index (χ2n) is 4.41. The van der Waals surface area contributed by atoms with Gasteiger partial charge in [0.25, 0.3) is 0 Å². The van der Waals surface area contributed by atoms with Gasteiger partial charge in [-0.3, -0.25) is 0 Å². The van der Waals surface area contributed by atoms with E-state index in [-0.39, 0.29) is 5.56 Å². The number of carbonyl (C=O) groups is 1. The fraction of sp³-hybridized carbons (Fsp3) is 0.0667. The van der Waals surface area contributed by atoms with Crippen LogP contribution in [0.5, 0.6) is 0 Å². The van der Waals surface area contributed by atoms with Crippen LogP contribution in [0.15, 0.2) is 48.7 Å². The lowest BCUT2D eigenvalue weighted by atomic mass is 10.1. The van der Waals surface area contributed by atoms with E-state index in [4.69, 9.17) is 5.11 Å². The van der Waals surface area contributed by atoms with E-state index in [1.54, 1.807) is 17.8 Å². The second-order valence-corrected chi connectivity index (χ2v) is 4.41. The summed E-state index contributed by atoms with van der Waals surface area (Å²) in [6, 6.07) is 13.9. The van der Waals surface area contributed by atoms with E-state index in [0.29, 0.717) is 5.69 Å². The quantitative estimate of drug-likeness (QED) is 0.762. The van der Waals surface area contributed by atoms with Gasteiger partial charge in [-0.25, -0.2) is 9.48 Å². The van der Waals surface area contributed by atoms with Gasteiger partial charge >= 0.3 is 5.97 Å². The van der Waals surface area contributed by atoms with Crippen molar-refractivity contribution in [2.24, 2.45) is 0 Å². The van der Waals surface area contributed by atoms with E-state index >= 15 is 0 Å². The van der Waals surface area contributed by atoms with Crippen molar-refractivity contribution in [1.29, 1.82) is 0 Å². The SMILES string of the molecule is Cc1nn(-c2ccc3ccccc3c2)cc1C(=O)O. The maximum Gasteiger partial charge on any atom is 0.339 e. The number of carboxylic acid groups (broad SMARTS) is 1. The van der Waals surface area contributed by atoms with E-state index in [1.165, 1.54) is 0 Å². The minimum atomic E-state index is -0.954. The molecule has 0 amide bonds. The summed E-state index contributed by atoms with van der Waals surface area (Å²) in [5.74, 6) is -0.954. The van der Waals surface area contributed by atoms with Crippen LogP contribution in [0.1, 0.15) is 16.1 Å². The van der Waals surface area contributed by atoms with Gasteiger partial charge in [0.15, 0.2) is 0 Å². The molecule has 19 heavy (non-hydrogen) atoms. The van der Waals surface area contributed by atoms with Crippen molar-refractivity contribution in [1.82, 2.24) is 9.78 Å². The Balaban J connectivity index is 2.13. The summed E-state index contributed by atoms with van der Waals surface area (Å²) in [6.45, 7) is 1.70. The number of carboxylic acids is 1. The van der Waals surface area contributed by atoms with Crippen LogP contribution < -0.4 is 0 Å². The summed E-state index contributed by atoms with van der Waals surface area (Å²) in [5, 5.41) is 15.5. The highest BCUT2D eigenvalue weighted by Crippen LogP contribution is 2.19. The van der Waals surface area contributed by atoms with E-state index in [0.717, 1.165) is 16.5 Å². The molecule has 1 N–H and O–H groups in total. The molecule has 0 unspecified atom stereocenters. The van der Waals surface area contributed by atoms with Crippen LogP contribution in [0, 0.1) is 6.92 Å². The topological polar surface area (TPSA) is 55.1 Å². The zero-order valence-corrected chi connectivity index (χ0v) is 10.4. The fourth-order valence-electron chi connectivity index (χ4n) is 2.12. The average molecular weight is 252 g/mol.